The van der Waals surface area contributed by atoms with E-state index in [1.165, 1.54) is 17.9 Å². The van der Waals surface area contributed by atoms with E-state index in [2.05, 4.69) is 10.3 Å². The third-order valence-electron chi connectivity index (χ3n) is 5.31. The van der Waals surface area contributed by atoms with Gasteiger partial charge < -0.3 is 14.6 Å². The van der Waals surface area contributed by atoms with Gasteiger partial charge in [-0.05, 0) is 50.2 Å². The maximum absolute atomic E-state index is 13.3. The number of amides is 1. The van der Waals surface area contributed by atoms with Gasteiger partial charge in [-0.1, -0.05) is 29.8 Å². The summed E-state index contributed by atoms with van der Waals surface area (Å²) in [6.45, 7) is 3.65. The third kappa shape index (κ3) is 4.52. The Balaban J connectivity index is 1.78. The van der Waals surface area contributed by atoms with Gasteiger partial charge in [0.15, 0.2) is 0 Å². The summed E-state index contributed by atoms with van der Waals surface area (Å²) in [6, 6.07) is 17.5. The summed E-state index contributed by atoms with van der Waals surface area (Å²) < 4.78 is 6.83. The molecule has 4 aromatic rings. The molecule has 0 spiro atoms. The zero-order valence-electron chi connectivity index (χ0n) is 18.6. The fraction of sp³-hybridized carbons (Fsp3) is 0.154. The first-order valence-electron chi connectivity index (χ1n) is 10.4. The number of methoxy groups -OCH3 is 1. The lowest BCUT2D eigenvalue weighted by atomic mass is 10.0. The number of pyridine rings is 2. The summed E-state index contributed by atoms with van der Waals surface area (Å²) >= 11 is 0. The van der Waals surface area contributed by atoms with Crippen molar-refractivity contribution in [2.24, 2.45) is 0 Å². The quantitative estimate of drug-likeness (QED) is 0.459. The van der Waals surface area contributed by atoms with E-state index in [4.69, 9.17) is 4.74 Å². The molecule has 0 radical (unpaired) electrons. The van der Waals surface area contributed by atoms with Crippen molar-refractivity contribution < 1.29 is 14.3 Å². The smallest absolute Gasteiger partial charge is 0.244 e. The number of anilines is 1. The molecule has 7 heteroatoms. The van der Waals surface area contributed by atoms with Crippen LogP contribution in [-0.4, -0.2) is 28.4 Å². The molecule has 2 heterocycles. The average molecular weight is 441 g/mol. The van der Waals surface area contributed by atoms with Crippen molar-refractivity contribution in [3.8, 4) is 5.75 Å². The molecule has 0 aliphatic rings. The molecule has 0 unspecified atom stereocenters. The van der Waals surface area contributed by atoms with Crippen molar-refractivity contribution in [2.45, 2.75) is 20.4 Å². The largest absolute Gasteiger partial charge is 0.496 e. The molecule has 0 bridgehead atoms. The zero-order chi connectivity index (χ0) is 23.5. The second-order valence-electron chi connectivity index (χ2n) is 7.77. The van der Waals surface area contributed by atoms with E-state index < -0.39 is 11.2 Å². The van der Waals surface area contributed by atoms with Crippen LogP contribution in [0.25, 0.3) is 11.0 Å². The van der Waals surface area contributed by atoms with E-state index >= 15 is 0 Å². The molecule has 1 N–H and O–H groups in total. The SMILES string of the molecule is COc1ccccc1C(=O)c1cn(CC(=O)Nc2ccc(C)cc2)c2nc(C)ccc2c1=O. The van der Waals surface area contributed by atoms with Crippen LogP contribution in [-0.2, 0) is 11.3 Å². The fourth-order valence-electron chi connectivity index (χ4n) is 3.61. The van der Waals surface area contributed by atoms with Gasteiger partial charge >= 0.3 is 0 Å². The highest BCUT2D eigenvalue weighted by Crippen LogP contribution is 2.21. The highest BCUT2D eigenvalue weighted by molar-refractivity contribution is 6.11. The summed E-state index contributed by atoms with van der Waals surface area (Å²) in [5, 5.41) is 3.11. The number of nitrogens with one attached hydrogen (secondary N) is 1. The molecule has 4 rings (SSSR count). The number of aromatic nitrogens is 2. The Morgan fingerprint density at radius 1 is 0.970 bits per heavy atom. The van der Waals surface area contributed by atoms with Crippen LogP contribution in [0.5, 0.6) is 5.75 Å². The van der Waals surface area contributed by atoms with Crippen LogP contribution >= 0.6 is 0 Å². The van der Waals surface area contributed by atoms with Gasteiger partial charge in [-0.2, -0.15) is 0 Å². The number of nitrogens with zero attached hydrogens (tertiary/aromatic N) is 2. The highest BCUT2D eigenvalue weighted by Gasteiger charge is 2.21. The minimum atomic E-state index is -0.479. The molecular weight excluding hydrogens is 418 g/mol. The van der Waals surface area contributed by atoms with Crippen molar-refractivity contribution in [2.75, 3.05) is 12.4 Å². The van der Waals surface area contributed by atoms with Gasteiger partial charge in [0, 0.05) is 17.6 Å². The summed E-state index contributed by atoms with van der Waals surface area (Å²) in [4.78, 5) is 43.8. The number of ketones is 1. The van der Waals surface area contributed by atoms with E-state index in [1.807, 2.05) is 31.2 Å². The number of rotatable bonds is 6. The van der Waals surface area contributed by atoms with Gasteiger partial charge in [0.1, 0.15) is 17.9 Å². The lowest BCUT2D eigenvalue weighted by Gasteiger charge is -2.14. The first-order chi connectivity index (χ1) is 15.9. The number of ether oxygens (including phenoxy) is 1. The Labute approximate surface area is 190 Å². The summed E-state index contributed by atoms with van der Waals surface area (Å²) in [5.74, 6) is -0.414. The second kappa shape index (κ2) is 9.08. The highest BCUT2D eigenvalue weighted by atomic mass is 16.5. The average Bonchev–Trinajstić information content (AvgIpc) is 2.81. The predicted octanol–water partition coefficient (Wildman–Crippen LogP) is 3.89. The molecular formula is C26H23N3O4. The number of carbonyl (C=O) groups excluding carboxylic acids is 2. The minimum Gasteiger partial charge on any atom is -0.496 e. The summed E-state index contributed by atoms with van der Waals surface area (Å²) in [7, 11) is 1.47. The lowest BCUT2D eigenvalue weighted by Crippen LogP contribution is -2.25. The Hall–Kier alpha value is -4.26. The lowest BCUT2D eigenvalue weighted by molar-refractivity contribution is -0.116. The maximum Gasteiger partial charge on any atom is 0.244 e. The maximum atomic E-state index is 13.3. The molecule has 2 aromatic carbocycles. The van der Waals surface area contributed by atoms with E-state index in [1.54, 1.807) is 43.3 Å². The molecule has 1 amide bonds. The van der Waals surface area contributed by atoms with Crippen molar-refractivity contribution in [1.29, 1.82) is 0 Å². The molecule has 166 valence electrons. The molecule has 0 aliphatic carbocycles. The van der Waals surface area contributed by atoms with Crippen molar-refractivity contribution in [1.82, 2.24) is 9.55 Å². The van der Waals surface area contributed by atoms with Crippen molar-refractivity contribution in [3.63, 3.8) is 0 Å². The van der Waals surface area contributed by atoms with Crippen LogP contribution in [0.4, 0.5) is 5.69 Å². The molecule has 33 heavy (non-hydrogen) atoms. The first kappa shape index (κ1) is 22.0. The number of carbonyl (C=O) groups is 2. The van der Waals surface area contributed by atoms with Gasteiger partial charge in [-0.15, -0.1) is 0 Å². The number of para-hydroxylation sites is 1. The van der Waals surface area contributed by atoms with Crippen LogP contribution in [0.3, 0.4) is 0 Å². The molecule has 0 saturated carbocycles. The number of aryl methyl sites for hydroxylation is 2. The van der Waals surface area contributed by atoms with Gasteiger partial charge in [-0.25, -0.2) is 4.98 Å². The van der Waals surface area contributed by atoms with Crippen LogP contribution in [0, 0.1) is 13.8 Å². The minimum absolute atomic E-state index is 0.0548. The second-order valence-corrected chi connectivity index (χ2v) is 7.77. The normalized spacial score (nSPS) is 10.8. The van der Waals surface area contributed by atoms with E-state index in [0.29, 0.717) is 22.8 Å². The van der Waals surface area contributed by atoms with Crippen molar-refractivity contribution >= 4 is 28.4 Å². The number of hydrogen-bond acceptors (Lipinski definition) is 5. The van der Waals surface area contributed by atoms with E-state index in [-0.39, 0.29) is 29.0 Å². The summed E-state index contributed by atoms with van der Waals surface area (Å²) in [6.07, 6.45) is 1.40. The van der Waals surface area contributed by atoms with Crippen LogP contribution in [0.1, 0.15) is 27.2 Å². The monoisotopic (exact) mass is 441 g/mol. The molecule has 0 atom stereocenters. The Kier molecular flexibility index (Phi) is 6.04. The summed E-state index contributed by atoms with van der Waals surface area (Å²) in [5.41, 5.74) is 2.55. The zero-order valence-corrected chi connectivity index (χ0v) is 18.6. The van der Waals surface area contributed by atoms with Crippen LogP contribution in [0.2, 0.25) is 0 Å². The number of hydrogen-bond donors (Lipinski definition) is 1. The Morgan fingerprint density at radius 3 is 2.42 bits per heavy atom. The fourth-order valence-corrected chi connectivity index (χ4v) is 3.61. The molecule has 0 aliphatic heterocycles. The topological polar surface area (TPSA) is 90.3 Å². The Morgan fingerprint density at radius 2 is 1.70 bits per heavy atom. The van der Waals surface area contributed by atoms with Crippen molar-refractivity contribution in [3.05, 3.63) is 99.5 Å². The molecule has 0 fully saturated rings. The predicted molar refractivity (Wildman–Crippen MR) is 127 cm³/mol. The molecule has 2 aromatic heterocycles. The Bertz CT molecular complexity index is 1420. The van der Waals surface area contributed by atoms with E-state index in [0.717, 1.165) is 5.56 Å². The number of benzene rings is 2. The standard InChI is InChI=1S/C26H23N3O4/c1-16-8-11-18(12-9-16)28-23(30)15-29-14-21(24(31)19-6-4-5-7-22(19)33-3)25(32)20-13-10-17(2)27-26(20)29/h4-14H,15H2,1-3H3,(H,28,30). The molecule has 7 nitrogen and oxygen atoms in total. The van der Waals surface area contributed by atoms with Crippen LogP contribution in [0.15, 0.2) is 71.7 Å². The van der Waals surface area contributed by atoms with Gasteiger partial charge in [0.2, 0.25) is 17.1 Å². The molecule has 0 saturated heterocycles. The van der Waals surface area contributed by atoms with Gasteiger partial charge in [-0.3, -0.25) is 14.4 Å². The van der Waals surface area contributed by atoms with Crippen LogP contribution < -0.4 is 15.5 Å². The van der Waals surface area contributed by atoms with Gasteiger partial charge in [0.25, 0.3) is 0 Å². The first-order valence-corrected chi connectivity index (χ1v) is 10.4. The third-order valence-corrected chi connectivity index (χ3v) is 5.31. The van der Waals surface area contributed by atoms with E-state index in [9.17, 15) is 14.4 Å². The number of fused-ring (bicyclic) bond motifs is 1. The van der Waals surface area contributed by atoms with Gasteiger partial charge in [0.05, 0.1) is 23.6 Å².